The number of carboxylic acids is 1. The van der Waals surface area contributed by atoms with Gasteiger partial charge in [-0.1, -0.05) is 19.1 Å². The normalized spacial score (nSPS) is 18.4. The van der Waals surface area contributed by atoms with Crippen molar-refractivity contribution in [3.8, 4) is 0 Å². The maximum atomic E-state index is 12.1. The minimum absolute atomic E-state index is 0.0716. The molecule has 0 aromatic heterocycles. The minimum Gasteiger partial charge on any atom is -0.478 e. The fraction of sp³-hybridized carbons (Fsp3) is 0.308. The van der Waals surface area contributed by atoms with Crippen LogP contribution in [0.25, 0.3) is 0 Å². The molecule has 1 aliphatic heterocycles. The number of thioether (sulfide) groups is 1. The summed E-state index contributed by atoms with van der Waals surface area (Å²) in [4.78, 5) is 36.1. The van der Waals surface area contributed by atoms with Gasteiger partial charge in [0.2, 0.25) is 0 Å². The van der Waals surface area contributed by atoms with E-state index in [1.165, 1.54) is 11.0 Å². The molecule has 1 heterocycles. The zero-order chi connectivity index (χ0) is 14.7. The Labute approximate surface area is 120 Å². The molecule has 2 rings (SSSR count). The van der Waals surface area contributed by atoms with Crippen LogP contribution in [-0.2, 0) is 4.79 Å². The average molecular weight is 294 g/mol. The Balaban J connectivity index is 2.18. The summed E-state index contributed by atoms with van der Waals surface area (Å²) >= 11 is 0.870. The average Bonchev–Trinajstić information content (AvgIpc) is 2.67. The van der Waals surface area contributed by atoms with Crippen molar-refractivity contribution in [2.75, 3.05) is 11.9 Å². The summed E-state index contributed by atoms with van der Waals surface area (Å²) in [5.74, 6) is -1.41. The maximum Gasteiger partial charge on any atom is 0.337 e. The van der Waals surface area contributed by atoms with E-state index in [2.05, 4.69) is 5.32 Å². The molecule has 0 bridgehead atoms. The number of hydrogen-bond acceptors (Lipinski definition) is 5. The van der Waals surface area contributed by atoms with Gasteiger partial charge in [0, 0.05) is 12.2 Å². The van der Waals surface area contributed by atoms with Gasteiger partial charge < -0.3 is 10.4 Å². The Morgan fingerprint density at radius 3 is 2.75 bits per heavy atom. The van der Waals surface area contributed by atoms with Gasteiger partial charge in [-0.3, -0.25) is 14.5 Å². The van der Waals surface area contributed by atoms with Crippen molar-refractivity contribution in [1.82, 2.24) is 4.90 Å². The van der Waals surface area contributed by atoms with Crippen LogP contribution in [0.15, 0.2) is 24.3 Å². The lowest BCUT2D eigenvalue weighted by atomic mass is 10.2. The molecular weight excluding hydrogens is 280 g/mol. The highest BCUT2D eigenvalue weighted by Gasteiger charge is 2.39. The van der Waals surface area contributed by atoms with Gasteiger partial charge in [0.25, 0.3) is 11.1 Å². The molecule has 1 aromatic rings. The van der Waals surface area contributed by atoms with Crippen LogP contribution in [-0.4, -0.2) is 39.0 Å². The Morgan fingerprint density at radius 1 is 1.40 bits per heavy atom. The zero-order valence-corrected chi connectivity index (χ0v) is 11.6. The van der Waals surface area contributed by atoms with E-state index in [1.54, 1.807) is 18.2 Å². The molecule has 106 valence electrons. The summed E-state index contributed by atoms with van der Waals surface area (Å²) in [7, 11) is 0. The van der Waals surface area contributed by atoms with Crippen LogP contribution >= 0.6 is 11.8 Å². The van der Waals surface area contributed by atoms with Crippen LogP contribution in [0.3, 0.4) is 0 Å². The first kappa shape index (κ1) is 14.4. The lowest BCUT2D eigenvalue weighted by Gasteiger charge is -2.15. The monoisotopic (exact) mass is 294 g/mol. The second kappa shape index (κ2) is 5.96. The fourth-order valence-corrected chi connectivity index (χ4v) is 2.82. The van der Waals surface area contributed by atoms with Gasteiger partial charge in [-0.05, 0) is 30.3 Å². The molecule has 1 atom stereocenters. The third-order valence-corrected chi connectivity index (χ3v) is 3.80. The van der Waals surface area contributed by atoms with Gasteiger partial charge in [-0.15, -0.1) is 0 Å². The molecule has 2 N–H and O–H groups in total. The molecule has 2 amide bonds. The number of aromatic carboxylic acids is 1. The number of para-hydroxylation sites is 1. The van der Waals surface area contributed by atoms with E-state index in [0.29, 0.717) is 18.7 Å². The minimum atomic E-state index is -1.08. The first-order chi connectivity index (χ1) is 9.54. The second-order valence-electron chi connectivity index (χ2n) is 4.25. The predicted octanol–water partition coefficient (Wildman–Crippen LogP) is 2.23. The van der Waals surface area contributed by atoms with E-state index in [9.17, 15) is 14.4 Å². The summed E-state index contributed by atoms with van der Waals surface area (Å²) in [5, 5.41) is 10.8. The molecule has 20 heavy (non-hydrogen) atoms. The molecule has 1 saturated heterocycles. The molecule has 0 unspecified atom stereocenters. The Hall–Kier alpha value is -2.02. The number of carboxylic acid groups (broad SMARTS) is 1. The van der Waals surface area contributed by atoms with Crippen LogP contribution < -0.4 is 5.32 Å². The fourth-order valence-electron chi connectivity index (χ4n) is 1.90. The molecule has 6 nitrogen and oxygen atoms in total. The third-order valence-electron chi connectivity index (χ3n) is 2.82. The number of rotatable bonds is 5. The highest BCUT2D eigenvalue weighted by atomic mass is 32.2. The van der Waals surface area contributed by atoms with Gasteiger partial charge in [0.1, 0.15) is 0 Å². The number of imide groups is 1. The largest absolute Gasteiger partial charge is 0.478 e. The quantitative estimate of drug-likeness (QED) is 0.866. The first-order valence-corrected chi connectivity index (χ1v) is 7.03. The van der Waals surface area contributed by atoms with Crippen molar-refractivity contribution in [3.05, 3.63) is 29.8 Å². The molecule has 0 spiro atoms. The molecule has 7 heteroatoms. The van der Waals surface area contributed by atoms with Crippen molar-refractivity contribution in [1.29, 1.82) is 0 Å². The van der Waals surface area contributed by atoms with Gasteiger partial charge >= 0.3 is 5.97 Å². The summed E-state index contributed by atoms with van der Waals surface area (Å²) in [6, 6.07) is 6.29. The van der Waals surface area contributed by atoms with Crippen LogP contribution in [0, 0.1) is 0 Å². The number of amides is 2. The Bertz CT molecular complexity index is 561. The number of benzene rings is 1. The van der Waals surface area contributed by atoms with E-state index < -0.39 is 11.3 Å². The zero-order valence-electron chi connectivity index (χ0n) is 10.8. The SMILES string of the molecule is CCCN1C(=O)S[C@@H](Nc2ccccc2C(=O)O)C1=O. The van der Waals surface area contributed by atoms with Crippen LogP contribution in [0.2, 0.25) is 0 Å². The van der Waals surface area contributed by atoms with Gasteiger partial charge in [0.15, 0.2) is 5.37 Å². The molecule has 1 fully saturated rings. The summed E-state index contributed by atoms with van der Waals surface area (Å²) in [5.41, 5.74) is 0.402. The van der Waals surface area contributed by atoms with Crippen molar-refractivity contribution < 1.29 is 19.5 Å². The maximum absolute atomic E-state index is 12.1. The number of nitrogens with one attached hydrogen (secondary N) is 1. The van der Waals surface area contributed by atoms with Gasteiger partial charge in [-0.2, -0.15) is 0 Å². The van der Waals surface area contributed by atoms with Crippen molar-refractivity contribution in [3.63, 3.8) is 0 Å². The molecular formula is C13H14N2O4S. The van der Waals surface area contributed by atoms with Crippen molar-refractivity contribution in [2.45, 2.75) is 18.7 Å². The smallest absolute Gasteiger partial charge is 0.337 e. The molecule has 0 saturated carbocycles. The number of carbonyl (C=O) groups is 3. The first-order valence-electron chi connectivity index (χ1n) is 6.15. The number of hydrogen-bond donors (Lipinski definition) is 2. The topological polar surface area (TPSA) is 86.7 Å². The highest BCUT2D eigenvalue weighted by Crippen LogP contribution is 2.29. The number of nitrogens with zero attached hydrogens (tertiary/aromatic N) is 1. The van der Waals surface area contributed by atoms with E-state index >= 15 is 0 Å². The van der Waals surface area contributed by atoms with Crippen LogP contribution in [0.1, 0.15) is 23.7 Å². The summed E-state index contributed by atoms with van der Waals surface area (Å²) in [6.07, 6.45) is 0.691. The molecule has 1 aromatic carbocycles. The van der Waals surface area contributed by atoms with Crippen LogP contribution in [0.5, 0.6) is 0 Å². The van der Waals surface area contributed by atoms with Gasteiger partial charge in [0.05, 0.1) is 5.56 Å². The van der Waals surface area contributed by atoms with Crippen molar-refractivity contribution in [2.24, 2.45) is 0 Å². The molecule has 0 radical (unpaired) electrons. The van der Waals surface area contributed by atoms with Crippen LogP contribution in [0.4, 0.5) is 10.5 Å². The van der Waals surface area contributed by atoms with E-state index in [4.69, 9.17) is 5.11 Å². The van der Waals surface area contributed by atoms with E-state index in [0.717, 1.165) is 11.8 Å². The standard InChI is InChI=1S/C13H14N2O4S/c1-2-7-15-11(16)10(20-13(15)19)14-9-6-4-3-5-8(9)12(17)18/h3-6,10,14H,2,7H2,1H3,(H,17,18)/t10-/m1/s1. The lowest BCUT2D eigenvalue weighted by Crippen LogP contribution is -2.35. The van der Waals surface area contributed by atoms with E-state index in [1.807, 2.05) is 6.92 Å². The number of anilines is 1. The lowest BCUT2D eigenvalue weighted by molar-refractivity contribution is -0.126. The Kier molecular flexibility index (Phi) is 4.29. The predicted molar refractivity (Wildman–Crippen MR) is 75.8 cm³/mol. The summed E-state index contributed by atoms with van der Waals surface area (Å²) < 4.78 is 0. The highest BCUT2D eigenvalue weighted by molar-refractivity contribution is 8.15. The second-order valence-corrected chi connectivity index (χ2v) is 5.31. The molecule has 0 aliphatic carbocycles. The third kappa shape index (κ3) is 2.77. The van der Waals surface area contributed by atoms with E-state index in [-0.39, 0.29) is 16.7 Å². The van der Waals surface area contributed by atoms with Gasteiger partial charge in [-0.25, -0.2) is 4.79 Å². The van der Waals surface area contributed by atoms with Crippen molar-refractivity contribution >= 4 is 34.6 Å². The molecule has 1 aliphatic rings. The Morgan fingerprint density at radius 2 is 2.10 bits per heavy atom. The summed E-state index contributed by atoms with van der Waals surface area (Å²) in [6.45, 7) is 2.26. The number of carbonyl (C=O) groups excluding carboxylic acids is 2.